The normalized spacial score (nSPS) is 14.0. The first-order valence-electron chi connectivity index (χ1n) is 16.8. The summed E-state index contributed by atoms with van der Waals surface area (Å²) < 4.78 is 15.5. The van der Waals surface area contributed by atoms with Gasteiger partial charge in [-0.3, -0.25) is 19.5 Å². The molecule has 0 unspecified atom stereocenters. The first-order valence-corrected chi connectivity index (χ1v) is 17.6. The van der Waals surface area contributed by atoms with Crippen molar-refractivity contribution in [2.75, 3.05) is 19.7 Å². The second-order valence-electron chi connectivity index (χ2n) is 12.7. The molecule has 260 valence electrons. The predicted octanol–water partition coefficient (Wildman–Crippen LogP) is 5.84. The molecule has 13 heteroatoms. The van der Waals surface area contributed by atoms with Crippen molar-refractivity contribution >= 4 is 27.8 Å². The Balaban J connectivity index is 0.990. The number of benzene rings is 3. The quantitative estimate of drug-likeness (QED) is 0.163. The lowest BCUT2D eigenvalue weighted by atomic mass is 9.74. The van der Waals surface area contributed by atoms with Crippen LogP contribution in [0.15, 0.2) is 111 Å². The number of amides is 1. The van der Waals surface area contributed by atoms with Crippen molar-refractivity contribution in [1.29, 1.82) is 0 Å². The number of likely N-dealkylation sites (tertiary alicyclic amines) is 1. The molecule has 0 atom stereocenters. The smallest absolute Gasteiger partial charge is 0.312 e. The highest BCUT2D eigenvalue weighted by Crippen LogP contribution is 2.37. The molecule has 1 fully saturated rings. The fraction of sp³-hybridized carbons (Fsp3) is 0.263. The number of H-pyrrole nitrogens is 1. The number of halogens is 1. The predicted molar refractivity (Wildman–Crippen MR) is 192 cm³/mol. The molecule has 0 saturated carbocycles. The Hall–Kier alpha value is -5.56. The van der Waals surface area contributed by atoms with Gasteiger partial charge in [0.2, 0.25) is 5.89 Å². The van der Waals surface area contributed by atoms with Crippen molar-refractivity contribution in [1.82, 2.24) is 34.7 Å². The molecule has 4 heterocycles. The summed E-state index contributed by atoms with van der Waals surface area (Å²) in [5.41, 5.74) is 3.57. The number of carbonyl (C=O) groups is 2. The Morgan fingerprint density at radius 3 is 2.53 bits per heavy atom. The first-order chi connectivity index (χ1) is 24.8. The second kappa shape index (κ2) is 14.7. The Morgan fingerprint density at radius 2 is 1.78 bits per heavy atom. The zero-order chi connectivity index (χ0) is 35.4. The van der Waals surface area contributed by atoms with Gasteiger partial charge in [0, 0.05) is 59.5 Å². The number of rotatable bonds is 11. The van der Waals surface area contributed by atoms with Gasteiger partial charge in [-0.2, -0.15) is 0 Å². The monoisotopic (exact) mass is 749 g/mol. The highest BCUT2D eigenvalue weighted by Gasteiger charge is 2.44. The highest BCUT2D eigenvalue weighted by molar-refractivity contribution is 9.10. The van der Waals surface area contributed by atoms with Crippen molar-refractivity contribution in [2.45, 2.75) is 39.2 Å². The number of nitrogens with one attached hydrogen (secondary N) is 1. The van der Waals surface area contributed by atoms with Crippen LogP contribution in [-0.2, 0) is 28.9 Å². The molecule has 1 saturated heterocycles. The van der Waals surface area contributed by atoms with Gasteiger partial charge in [0.15, 0.2) is 5.76 Å². The third kappa shape index (κ3) is 7.63. The van der Waals surface area contributed by atoms with Gasteiger partial charge < -0.3 is 14.1 Å². The molecule has 0 bridgehead atoms. The molecule has 51 heavy (non-hydrogen) atoms. The summed E-state index contributed by atoms with van der Waals surface area (Å²) in [6.07, 6.45) is 5.25. The minimum Gasteiger partial charge on any atom is -0.466 e. The number of ether oxygens (including phenoxy) is 1. The zero-order valence-electron chi connectivity index (χ0n) is 28.0. The van der Waals surface area contributed by atoms with Gasteiger partial charge in [0.1, 0.15) is 6.54 Å². The summed E-state index contributed by atoms with van der Waals surface area (Å²) in [5, 5.41) is 11.8. The standard InChI is InChI=1S/C38H36BrN7O5/c1-2-50-37(49)38(22-31-24-45(43-41-31)25-34-40-23-33(51-34)28-9-6-10-29(39)20-28)15-17-44(18-16-38)36(48)27-11-13-32(14-12-27)46-35(47)21-30(42-46)19-26-7-4-3-5-8-26/h3-14,20-21,23-24,42H,2,15-19,22,25H2,1H3. The second-order valence-corrected chi connectivity index (χ2v) is 13.6. The van der Waals surface area contributed by atoms with E-state index in [9.17, 15) is 14.4 Å². The Kier molecular flexibility index (Phi) is 9.80. The zero-order valence-corrected chi connectivity index (χ0v) is 29.6. The SMILES string of the molecule is CCOC(=O)C1(Cc2cn(Cc3ncc(-c4cccc(Br)c4)o3)nn2)CCN(C(=O)c2ccc(-n3[nH]c(Cc4ccccc4)cc3=O)cc2)CC1. The van der Waals surface area contributed by atoms with Gasteiger partial charge in [-0.05, 0) is 61.7 Å². The van der Waals surface area contributed by atoms with Gasteiger partial charge in [0.05, 0.1) is 29.6 Å². The van der Waals surface area contributed by atoms with Gasteiger partial charge in [0.25, 0.3) is 11.5 Å². The van der Waals surface area contributed by atoms with Crippen molar-refractivity contribution in [2.24, 2.45) is 5.41 Å². The van der Waals surface area contributed by atoms with Crippen LogP contribution < -0.4 is 5.56 Å². The van der Waals surface area contributed by atoms with Crippen LogP contribution in [0.1, 0.15) is 53.0 Å². The lowest BCUT2D eigenvalue weighted by Gasteiger charge is -2.39. The molecule has 1 amide bonds. The molecular weight excluding hydrogens is 714 g/mol. The number of aromatic amines is 1. The topological polar surface area (TPSA) is 141 Å². The summed E-state index contributed by atoms with van der Waals surface area (Å²) in [6.45, 7) is 3.07. The van der Waals surface area contributed by atoms with Crippen LogP contribution in [0.25, 0.3) is 17.0 Å². The summed E-state index contributed by atoms with van der Waals surface area (Å²) in [4.78, 5) is 45.8. The largest absolute Gasteiger partial charge is 0.466 e. The fourth-order valence-electron chi connectivity index (χ4n) is 6.49. The number of aromatic nitrogens is 6. The number of esters is 1. The summed E-state index contributed by atoms with van der Waals surface area (Å²) in [6, 6.07) is 26.3. The van der Waals surface area contributed by atoms with Gasteiger partial charge in [-0.1, -0.05) is 63.6 Å². The number of hydrogen-bond donors (Lipinski definition) is 1. The number of oxazole rings is 1. The van der Waals surface area contributed by atoms with E-state index in [1.807, 2.05) is 54.6 Å². The molecule has 1 aliphatic rings. The average Bonchev–Trinajstić information content (AvgIpc) is 3.89. The lowest BCUT2D eigenvalue weighted by molar-refractivity contribution is -0.158. The Bertz CT molecular complexity index is 2190. The van der Waals surface area contributed by atoms with Crippen LogP contribution >= 0.6 is 15.9 Å². The van der Waals surface area contributed by atoms with Crippen LogP contribution in [-0.4, -0.2) is 66.2 Å². The molecule has 0 aliphatic carbocycles. The number of piperidine rings is 1. The number of hydrogen-bond acceptors (Lipinski definition) is 8. The van der Waals surface area contributed by atoms with Crippen LogP contribution in [0.4, 0.5) is 0 Å². The maximum Gasteiger partial charge on any atom is 0.312 e. The van der Waals surface area contributed by atoms with Crippen LogP contribution in [0.2, 0.25) is 0 Å². The van der Waals surface area contributed by atoms with E-state index in [2.05, 4.69) is 36.3 Å². The molecule has 7 rings (SSSR count). The minimum absolute atomic E-state index is 0.137. The molecule has 12 nitrogen and oxygen atoms in total. The van der Waals surface area contributed by atoms with Crippen LogP contribution in [0, 0.1) is 5.41 Å². The van der Waals surface area contributed by atoms with Crippen molar-refractivity contribution in [3.05, 3.63) is 141 Å². The highest BCUT2D eigenvalue weighted by atomic mass is 79.9. The van der Waals surface area contributed by atoms with E-state index in [1.165, 1.54) is 4.68 Å². The van der Waals surface area contributed by atoms with E-state index >= 15 is 0 Å². The molecule has 6 aromatic rings. The van der Waals surface area contributed by atoms with E-state index in [0.717, 1.165) is 21.3 Å². The van der Waals surface area contributed by atoms with Crippen molar-refractivity contribution in [3.8, 4) is 17.0 Å². The average molecular weight is 751 g/mol. The Morgan fingerprint density at radius 1 is 1.00 bits per heavy atom. The fourth-order valence-corrected chi connectivity index (χ4v) is 6.89. The molecule has 0 spiro atoms. The molecule has 3 aromatic heterocycles. The Labute approximate surface area is 302 Å². The van der Waals surface area contributed by atoms with Crippen LogP contribution in [0.5, 0.6) is 0 Å². The summed E-state index contributed by atoms with van der Waals surface area (Å²) >= 11 is 3.48. The van der Waals surface area contributed by atoms with E-state index in [0.29, 0.717) is 67.4 Å². The van der Waals surface area contributed by atoms with Gasteiger partial charge in [-0.25, -0.2) is 14.3 Å². The molecule has 1 N–H and O–H groups in total. The van der Waals surface area contributed by atoms with Crippen molar-refractivity contribution < 1.29 is 18.7 Å². The summed E-state index contributed by atoms with van der Waals surface area (Å²) in [7, 11) is 0. The number of nitrogens with zero attached hydrogens (tertiary/aromatic N) is 6. The summed E-state index contributed by atoms with van der Waals surface area (Å²) in [5.74, 6) is 0.690. The van der Waals surface area contributed by atoms with E-state index < -0.39 is 5.41 Å². The molecule has 1 aliphatic heterocycles. The maximum atomic E-state index is 13.6. The van der Waals surface area contributed by atoms with Gasteiger partial charge in [-0.15, -0.1) is 5.10 Å². The molecular formula is C38H36BrN7O5. The van der Waals surface area contributed by atoms with Crippen LogP contribution in [0.3, 0.4) is 0 Å². The minimum atomic E-state index is -0.847. The third-order valence-corrected chi connectivity index (χ3v) is 9.66. The van der Waals surface area contributed by atoms with E-state index in [4.69, 9.17) is 9.15 Å². The van der Waals surface area contributed by atoms with Gasteiger partial charge >= 0.3 is 5.97 Å². The maximum absolute atomic E-state index is 13.6. The van der Waals surface area contributed by atoms with Crippen molar-refractivity contribution in [3.63, 3.8) is 0 Å². The third-order valence-electron chi connectivity index (χ3n) is 9.17. The van der Waals surface area contributed by atoms with E-state index in [1.54, 1.807) is 59.2 Å². The number of carbonyl (C=O) groups excluding carboxylic acids is 2. The molecule has 0 radical (unpaired) electrons. The lowest BCUT2D eigenvalue weighted by Crippen LogP contribution is -2.48. The first kappa shape index (κ1) is 33.9. The van der Waals surface area contributed by atoms with E-state index in [-0.39, 0.29) is 30.6 Å². The molecule has 3 aromatic carbocycles.